The third-order valence-electron chi connectivity index (χ3n) is 2.84. The quantitative estimate of drug-likeness (QED) is 0.734. The number of aliphatic hydroxyl groups is 1. The monoisotopic (exact) mass is 259 g/mol. The van der Waals surface area contributed by atoms with E-state index in [-0.39, 0.29) is 12.1 Å². The Labute approximate surface area is 106 Å². The Bertz CT molecular complexity index is 374. The molecule has 1 aromatic carbocycles. The van der Waals surface area contributed by atoms with Crippen molar-refractivity contribution in [3.8, 4) is 0 Å². The first kappa shape index (κ1) is 15.0. The first-order chi connectivity index (χ1) is 8.60. The largest absolute Gasteiger partial charge is 0.392 e. The van der Waals surface area contributed by atoms with Gasteiger partial charge >= 0.3 is 0 Å². The summed E-state index contributed by atoms with van der Waals surface area (Å²) < 4.78 is 31.5. The van der Waals surface area contributed by atoms with Crippen LogP contribution >= 0.6 is 0 Å². The van der Waals surface area contributed by atoms with Crippen LogP contribution in [0.2, 0.25) is 0 Å². The van der Waals surface area contributed by atoms with Gasteiger partial charge in [-0.1, -0.05) is 6.07 Å². The second-order valence-electron chi connectivity index (χ2n) is 4.06. The van der Waals surface area contributed by atoms with E-state index in [0.717, 1.165) is 12.1 Å². The minimum absolute atomic E-state index is 0.0931. The van der Waals surface area contributed by atoms with Crippen LogP contribution in [-0.2, 0) is 4.74 Å². The number of nitrogens with two attached hydrogens (primary N) is 1. The topological polar surface area (TPSA) is 55.5 Å². The second-order valence-corrected chi connectivity index (χ2v) is 4.06. The lowest BCUT2D eigenvalue weighted by Crippen LogP contribution is -2.28. The molecule has 0 saturated carbocycles. The van der Waals surface area contributed by atoms with Crippen LogP contribution in [0, 0.1) is 11.6 Å². The highest BCUT2D eigenvalue weighted by Crippen LogP contribution is 2.24. The van der Waals surface area contributed by atoms with E-state index in [4.69, 9.17) is 10.5 Å². The van der Waals surface area contributed by atoms with E-state index in [1.807, 2.05) is 6.92 Å². The molecule has 0 aliphatic rings. The number of hydrogen-bond acceptors (Lipinski definition) is 3. The lowest BCUT2D eigenvalue weighted by Gasteiger charge is -2.22. The van der Waals surface area contributed by atoms with Gasteiger partial charge in [-0.2, -0.15) is 0 Å². The maximum absolute atomic E-state index is 13.6. The van der Waals surface area contributed by atoms with Crippen molar-refractivity contribution in [1.82, 2.24) is 0 Å². The van der Waals surface area contributed by atoms with Crippen LogP contribution in [0.4, 0.5) is 8.78 Å². The van der Waals surface area contributed by atoms with Crippen molar-refractivity contribution < 1.29 is 18.6 Å². The number of halogens is 2. The molecule has 0 spiro atoms. The van der Waals surface area contributed by atoms with Crippen LogP contribution in [0.25, 0.3) is 0 Å². The van der Waals surface area contributed by atoms with Crippen molar-refractivity contribution in [2.75, 3.05) is 19.8 Å². The zero-order chi connectivity index (χ0) is 13.5. The molecule has 0 fully saturated rings. The van der Waals surface area contributed by atoms with Gasteiger partial charge in [-0.15, -0.1) is 0 Å². The van der Waals surface area contributed by atoms with Gasteiger partial charge in [0.1, 0.15) is 11.6 Å². The second kappa shape index (κ2) is 7.41. The minimum atomic E-state index is -0.804. The lowest BCUT2D eigenvalue weighted by atomic mass is 9.91. The Hall–Kier alpha value is -1.04. The van der Waals surface area contributed by atoms with Gasteiger partial charge in [0.05, 0.1) is 6.10 Å². The summed E-state index contributed by atoms with van der Waals surface area (Å²) in [6.07, 6.45) is -0.437. The van der Waals surface area contributed by atoms with Crippen LogP contribution in [0.3, 0.4) is 0 Å². The Morgan fingerprint density at radius 1 is 1.39 bits per heavy atom. The Morgan fingerprint density at radius 2 is 2.11 bits per heavy atom. The maximum atomic E-state index is 13.6. The third-order valence-corrected chi connectivity index (χ3v) is 2.84. The van der Waals surface area contributed by atoms with Crippen LogP contribution in [0.15, 0.2) is 18.2 Å². The smallest absolute Gasteiger partial charge is 0.129 e. The molecule has 3 nitrogen and oxygen atoms in total. The fourth-order valence-corrected chi connectivity index (χ4v) is 1.84. The molecule has 2 unspecified atom stereocenters. The molecule has 1 rings (SSSR count). The van der Waals surface area contributed by atoms with E-state index in [1.54, 1.807) is 0 Å². The van der Waals surface area contributed by atoms with Gasteiger partial charge < -0.3 is 15.6 Å². The Kier molecular flexibility index (Phi) is 6.18. The average molecular weight is 259 g/mol. The Morgan fingerprint density at radius 3 is 2.67 bits per heavy atom. The normalized spacial score (nSPS) is 14.5. The van der Waals surface area contributed by atoms with Gasteiger partial charge in [-0.05, 0) is 25.0 Å². The molecule has 0 aliphatic carbocycles. The number of ether oxygens (including phenoxy) is 1. The van der Waals surface area contributed by atoms with E-state index in [0.29, 0.717) is 19.6 Å². The molecule has 5 heteroatoms. The number of aliphatic hydroxyl groups excluding tert-OH is 1. The zero-order valence-electron chi connectivity index (χ0n) is 10.4. The molecule has 2 atom stereocenters. The van der Waals surface area contributed by atoms with Crippen LogP contribution in [-0.4, -0.2) is 31.0 Å². The summed E-state index contributed by atoms with van der Waals surface area (Å²) in [5.41, 5.74) is 5.79. The SMILES string of the molecule is CCOCCC(O)C(CN)c1ccc(F)cc1F. The molecular weight excluding hydrogens is 240 g/mol. The van der Waals surface area contributed by atoms with E-state index < -0.39 is 23.7 Å². The standard InChI is InChI=1S/C13H19F2NO2/c1-2-18-6-5-13(17)11(8-16)10-4-3-9(14)7-12(10)15/h3-4,7,11,13,17H,2,5-6,8,16H2,1H3. The van der Waals surface area contributed by atoms with Crippen molar-refractivity contribution in [3.63, 3.8) is 0 Å². The van der Waals surface area contributed by atoms with E-state index in [2.05, 4.69) is 0 Å². The predicted molar refractivity (Wildman–Crippen MR) is 65.3 cm³/mol. The summed E-state index contributed by atoms with van der Waals surface area (Å²) in [6, 6.07) is 3.29. The van der Waals surface area contributed by atoms with Gasteiger partial charge in [-0.25, -0.2) is 8.78 Å². The van der Waals surface area contributed by atoms with Crippen molar-refractivity contribution in [2.45, 2.75) is 25.4 Å². The van der Waals surface area contributed by atoms with Crippen molar-refractivity contribution in [3.05, 3.63) is 35.4 Å². The summed E-state index contributed by atoms with van der Waals surface area (Å²) in [5, 5.41) is 9.96. The first-order valence-corrected chi connectivity index (χ1v) is 6.01. The molecule has 102 valence electrons. The maximum Gasteiger partial charge on any atom is 0.129 e. The fraction of sp³-hybridized carbons (Fsp3) is 0.538. The summed E-state index contributed by atoms with van der Waals surface area (Å²) in [4.78, 5) is 0. The first-order valence-electron chi connectivity index (χ1n) is 6.01. The number of hydrogen-bond donors (Lipinski definition) is 2. The highest BCUT2D eigenvalue weighted by atomic mass is 19.1. The summed E-state index contributed by atoms with van der Waals surface area (Å²) in [6.45, 7) is 2.89. The predicted octanol–water partition coefficient (Wildman–Crippen LogP) is 1.79. The molecule has 18 heavy (non-hydrogen) atoms. The molecule has 3 N–H and O–H groups in total. The highest BCUT2D eigenvalue weighted by molar-refractivity contribution is 5.24. The third kappa shape index (κ3) is 4.01. The molecule has 0 radical (unpaired) electrons. The van der Waals surface area contributed by atoms with Gasteiger partial charge in [0.15, 0.2) is 0 Å². The molecule has 0 aliphatic heterocycles. The van der Waals surface area contributed by atoms with Crippen molar-refractivity contribution in [1.29, 1.82) is 0 Å². The van der Waals surface area contributed by atoms with Crippen LogP contribution in [0.5, 0.6) is 0 Å². The molecule has 0 bridgehead atoms. The molecule has 0 amide bonds. The van der Waals surface area contributed by atoms with E-state index >= 15 is 0 Å². The van der Waals surface area contributed by atoms with Gasteiger partial charge in [0, 0.05) is 31.7 Å². The average Bonchev–Trinajstić information content (AvgIpc) is 2.33. The summed E-state index contributed by atoms with van der Waals surface area (Å²) in [5.74, 6) is -1.87. The van der Waals surface area contributed by atoms with Gasteiger partial charge in [0.2, 0.25) is 0 Å². The minimum Gasteiger partial charge on any atom is -0.392 e. The molecule has 0 aromatic heterocycles. The summed E-state index contributed by atoms with van der Waals surface area (Å²) >= 11 is 0. The number of rotatable bonds is 7. The fourth-order valence-electron chi connectivity index (χ4n) is 1.84. The van der Waals surface area contributed by atoms with Crippen molar-refractivity contribution in [2.24, 2.45) is 5.73 Å². The Balaban J connectivity index is 2.75. The van der Waals surface area contributed by atoms with E-state index in [9.17, 15) is 13.9 Å². The molecule has 0 heterocycles. The molecular formula is C13H19F2NO2. The van der Waals surface area contributed by atoms with Crippen LogP contribution < -0.4 is 5.73 Å². The van der Waals surface area contributed by atoms with Crippen molar-refractivity contribution >= 4 is 0 Å². The van der Waals surface area contributed by atoms with Gasteiger partial charge in [0.25, 0.3) is 0 Å². The van der Waals surface area contributed by atoms with E-state index in [1.165, 1.54) is 6.07 Å². The highest BCUT2D eigenvalue weighted by Gasteiger charge is 2.22. The number of benzene rings is 1. The molecule has 0 saturated heterocycles. The van der Waals surface area contributed by atoms with Gasteiger partial charge in [-0.3, -0.25) is 0 Å². The van der Waals surface area contributed by atoms with Crippen LogP contribution in [0.1, 0.15) is 24.8 Å². The summed E-state index contributed by atoms with van der Waals surface area (Å²) in [7, 11) is 0. The molecule has 1 aromatic rings. The lowest BCUT2D eigenvalue weighted by molar-refractivity contribution is 0.0745. The zero-order valence-corrected chi connectivity index (χ0v) is 10.4.